The Morgan fingerprint density at radius 3 is 2.22 bits per heavy atom. The lowest BCUT2D eigenvalue weighted by molar-refractivity contribution is 0.183. The van der Waals surface area contributed by atoms with E-state index >= 15 is 0 Å². The first-order chi connectivity index (χ1) is 17.6. The van der Waals surface area contributed by atoms with Crippen LogP contribution in [0.25, 0.3) is 11.0 Å². The number of hydrogen-bond acceptors (Lipinski definition) is 4. The molecule has 1 saturated heterocycles. The fourth-order valence-corrected chi connectivity index (χ4v) is 5.63. The molecule has 0 bridgehead atoms. The first kappa shape index (κ1) is 26.6. The highest BCUT2D eigenvalue weighted by molar-refractivity contribution is 7.97. The normalized spacial score (nSPS) is 14.6. The quantitative estimate of drug-likeness (QED) is 0.206. The number of nitrogens with one attached hydrogen (secondary N) is 1. The van der Waals surface area contributed by atoms with Crippen LogP contribution in [0, 0.1) is 0 Å². The van der Waals surface area contributed by atoms with Crippen molar-refractivity contribution in [3.63, 3.8) is 0 Å². The molecule has 0 aliphatic carbocycles. The maximum atomic E-state index is 12.4. The average molecular weight is 523 g/mol. The number of imidazole rings is 1. The van der Waals surface area contributed by atoms with Crippen molar-refractivity contribution in [3.05, 3.63) is 100 Å². The summed E-state index contributed by atoms with van der Waals surface area (Å²) in [4.78, 5) is 19.3. The summed E-state index contributed by atoms with van der Waals surface area (Å²) < 4.78 is 4.30. The third-order valence-electron chi connectivity index (χ3n) is 6.48. The van der Waals surface area contributed by atoms with Gasteiger partial charge in [0, 0.05) is 35.6 Å². The Morgan fingerprint density at radius 1 is 0.917 bits per heavy atom. The van der Waals surface area contributed by atoms with Gasteiger partial charge in [0.25, 0.3) is 0 Å². The first-order valence-corrected chi connectivity index (χ1v) is 13.8. The van der Waals surface area contributed by atoms with Crippen LogP contribution in [0.3, 0.4) is 0 Å². The Labute approximate surface area is 223 Å². The lowest BCUT2D eigenvalue weighted by Gasteiger charge is -2.32. The van der Waals surface area contributed by atoms with Crippen LogP contribution in [0.4, 0.5) is 0 Å². The van der Waals surface area contributed by atoms with Gasteiger partial charge in [-0.1, -0.05) is 60.1 Å². The summed E-state index contributed by atoms with van der Waals surface area (Å²) in [6, 6.07) is 28.3. The second-order valence-corrected chi connectivity index (χ2v) is 10.9. The Morgan fingerprint density at radius 2 is 1.56 bits per heavy atom. The molecule has 5 nitrogen and oxygen atoms in total. The number of para-hydroxylation sites is 2. The number of halogens is 1. The molecule has 2 heterocycles. The lowest BCUT2D eigenvalue weighted by atomic mass is 10.0. The van der Waals surface area contributed by atoms with Crippen LogP contribution >= 0.6 is 23.5 Å². The highest BCUT2D eigenvalue weighted by Gasteiger charge is 2.23. The first-order valence-electron chi connectivity index (χ1n) is 12.7. The van der Waals surface area contributed by atoms with Gasteiger partial charge in [0.2, 0.25) is 0 Å². The molecule has 0 spiro atoms. The maximum absolute atomic E-state index is 12.4. The third kappa shape index (κ3) is 7.74. The topological polar surface area (TPSA) is 44.3 Å². The van der Waals surface area contributed by atoms with Crippen molar-refractivity contribution >= 4 is 34.6 Å². The van der Waals surface area contributed by atoms with E-state index in [9.17, 15) is 4.79 Å². The van der Waals surface area contributed by atoms with E-state index in [1.54, 1.807) is 0 Å². The van der Waals surface area contributed by atoms with Gasteiger partial charge in [-0.3, -0.25) is 4.57 Å². The summed E-state index contributed by atoms with van der Waals surface area (Å²) >= 11 is 7.35. The van der Waals surface area contributed by atoms with Gasteiger partial charge in [0.15, 0.2) is 0 Å². The highest BCUT2D eigenvalue weighted by Crippen LogP contribution is 2.25. The number of fused-ring (bicyclic) bond motifs is 1. The molecule has 36 heavy (non-hydrogen) atoms. The van der Waals surface area contributed by atoms with Crippen LogP contribution in [0.15, 0.2) is 94.6 Å². The molecule has 1 aliphatic heterocycles. The molecule has 1 N–H and O–H groups in total. The van der Waals surface area contributed by atoms with Gasteiger partial charge in [-0.05, 0) is 87.6 Å². The molecule has 0 radical (unpaired) electrons. The van der Waals surface area contributed by atoms with Gasteiger partial charge in [-0.15, -0.1) is 0 Å². The van der Waals surface area contributed by atoms with Gasteiger partial charge in [0.1, 0.15) is 0 Å². The fourth-order valence-electron chi connectivity index (χ4n) is 4.63. The van der Waals surface area contributed by atoms with E-state index in [1.807, 2.05) is 71.1 Å². The van der Waals surface area contributed by atoms with E-state index in [0.717, 1.165) is 55.1 Å². The van der Waals surface area contributed by atoms with E-state index in [1.165, 1.54) is 17.7 Å². The Bertz CT molecular complexity index is 1240. The molecule has 1 aliphatic rings. The van der Waals surface area contributed by atoms with Crippen molar-refractivity contribution in [2.75, 3.05) is 33.2 Å². The van der Waals surface area contributed by atoms with Crippen molar-refractivity contribution in [3.8, 4) is 0 Å². The summed E-state index contributed by atoms with van der Waals surface area (Å²) in [5, 5.41) is 0.794. The molecule has 5 rings (SSSR count). The molecule has 3 aromatic carbocycles. The lowest BCUT2D eigenvalue weighted by Crippen LogP contribution is -2.37. The number of aromatic amines is 1. The van der Waals surface area contributed by atoms with E-state index in [-0.39, 0.29) is 5.69 Å². The molecule has 1 fully saturated rings. The molecular formula is C29H35ClN4OS. The minimum atomic E-state index is 0.0311. The predicted molar refractivity (Wildman–Crippen MR) is 153 cm³/mol. The SMILES string of the molecule is CN(CCCCN1CCC(n2c(=O)[nH]c3ccccc32)CC1)Sc1ccccc1.Clc1ccccc1. The minimum Gasteiger partial charge on any atom is -0.306 e. The number of likely N-dealkylation sites (tertiary alicyclic amines) is 1. The summed E-state index contributed by atoms with van der Waals surface area (Å²) in [5.41, 5.74) is 2.01. The molecular weight excluding hydrogens is 488 g/mol. The molecule has 0 amide bonds. The Hall–Kier alpha value is -2.51. The molecule has 0 atom stereocenters. The summed E-state index contributed by atoms with van der Waals surface area (Å²) in [6.45, 7) is 4.40. The standard InChI is InChI=1S/C23H30N4OS.C6H5Cl/c1-25(29-20-9-3-2-4-10-20)15-7-8-16-26-17-13-19(14-18-26)27-22-12-6-5-11-21(22)24-23(27)28;7-6-4-2-1-3-5-6/h2-6,9-12,19H,7-8,13-18H2,1H3,(H,24,28);1-5H. The number of hydrogen-bond donors (Lipinski definition) is 1. The molecule has 190 valence electrons. The van der Waals surface area contributed by atoms with Crippen LogP contribution in [-0.4, -0.2) is 52.0 Å². The number of benzene rings is 3. The van der Waals surface area contributed by atoms with Crippen LogP contribution < -0.4 is 5.69 Å². The minimum absolute atomic E-state index is 0.0311. The van der Waals surface area contributed by atoms with E-state index in [0.29, 0.717) is 6.04 Å². The van der Waals surface area contributed by atoms with Gasteiger partial charge < -0.3 is 9.88 Å². The van der Waals surface area contributed by atoms with Crippen molar-refractivity contribution < 1.29 is 0 Å². The average Bonchev–Trinajstić information content (AvgIpc) is 3.24. The number of rotatable bonds is 8. The van der Waals surface area contributed by atoms with Crippen LogP contribution in [-0.2, 0) is 0 Å². The molecule has 7 heteroatoms. The second-order valence-electron chi connectivity index (χ2n) is 9.15. The molecule has 4 aromatic rings. The van der Waals surface area contributed by atoms with Gasteiger partial charge in [0.05, 0.1) is 11.0 Å². The zero-order valence-electron chi connectivity index (χ0n) is 20.9. The van der Waals surface area contributed by atoms with Gasteiger partial charge in [-0.2, -0.15) is 0 Å². The predicted octanol–water partition coefficient (Wildman–Crippen LogP) is 6.73. The maximum Gasteiger partial charge on any atom is 0.326 e. The highest BCUT2D eigenvalue weighted by atomic mass is 35.5. The second kappa shape index (κ2) is 13.7. The Balaban J connectivity index is 0.000000375. The van der Waals surface area contributed by atoms with Crippen molar-refractivity contribution in [1.29, 1.82) is 0 Å². The monoisotopic (exact) mass is 522 g/mol. The summed E-state index contributed by atoms with van der Waals surface area (Å²) in [7, 11) is 2.17. The smallest absolute Gasteiger partial charge is 0.306 e. The zero-order valence-corrected chi connectivity index (χ0v) is 22.4. The largest absolute Gasteiger partial charge is 0.326 e. The number of aromatic nitrogens is 2. The van der Waals surface area contributed by atoms with E-state index < -0.39 is 0 Å². The molecule has 0 unspecified atom stereocenters. The summed E-state index contributed by atoms with van der Waals surface area (Å²) in [5.74, 6) is 0. The number of H-pyrrole nitrogens is 1. The molecule has 1 aromatic heterocycles. The van der Waals surface area contributed by atoms with E-state index in [4.69, 9.17) is 11.6 Å². The fraction of sp³-hybridized carbons (Fsp3) is 0.345. The number of unbranched alkanes of at least 4 members (excludes halogenated alkanes) is 1. The van der Waals surface area contributed by atoms with E-state index in [2.05, 4.69) is 51.6 Å². The third-order valence-corrected chi connectivity index (χ3v) is 7.71. The van der Waals surface area contributed by atoms with Crippen molar-refractivity contribution in [2.45, 2.75) is 36.6 Å². The van der Waals surface area contributed by atoms with Crippen molar-refractivity contribution in [2.24, 2.45) is 0 Å². The Kier molecular flexibility index (Phi) is 10.1. The number of piperidine rings is 1. The number of nitrogens with zero attached hydrogens (tertiary/aromatic N) is 3. The van der Waals surface area contributed by atoms with Gasteiger partial charge >= 0.3 is 5.69 Å². The van der Waals surface area contributed by atoms with Crippen molar-refractivity contribution in [1.82, 2.24) is 18.8 Å². The van der Waals surface area contributed by atoms with Gasteiger partial charge in [-0.25, -0.2) is 9.10 Å². The van der Waals surface area contributed by atoms with Crippen LogP contribution in [0.2, 0.25) is 5.02 Å². The van der Waals surface area contributed by atoms with Crippen LogP contribution in [0.1, 0.15) is 31.7 Å². The molecule has 0 saturated carbocycles. The van der Waals surface area contributed by atoms with Crippen LogP contribution in [0.5, 0.6) is 0 Å². The zero-order chi connectivity index (χ0) is 25.2. The summed E-state index contributed by atoms with van der Waals surface area (Å²) in [6.07, 6.45) is 4.52.